The van der Waals surface area contributed by atoms with Gasteiger partial charge in [0.05, 0.1) is 5.69 Å². The van der Waals surface area contributed by atoms with Crippen LogP contribution in [0.4, 0.5) is 13.2 Å². The van der Waals surface area contributed by atoms with Gasteiger partial charge in [-0.05, 0) is 5.92 Å². The topological polar surface area (TPSA) is 43.8 Å². The first kappa shape index (κ1) is 12.0. The van der Waals surface area contributed by atoms with Crippen molar-refractivity contribution in [2.24, 2.45) is 12.8 Å². The number of rotatable bonds is 2. The highest BCUT2D eigenvalue weighted by atomic mass is 19.4. The van der Waals surface area contributed by atoms with E-state index in [-0.39, 0.29) is 11.5 Å². The van der Waals surface area contributed by atoms with Gasteiger partial charge in [-0.1, -0.05) is 13.8 Å². The summed E-state index contributed by atoms with van der Waals surface area (Å²) < 4.78 is 38.6. The van der Waals surface area contributed by atoms with Gasteiger partial charge in [-0.25, -0.2) is 0 Å². The van der Waals surface area contributed by atoms with E-state index in [9.17, 15) is 13.2 Å². The van der Waals surface area contributed by atoms with Crippen LogP contribution in [0.5, 0.6) is 0 Å². The number of alkyl halides is 3. The largest absolute Gasteiger partial charge is 0.407 e. The molecule has 0 aromatic carbocycles. The molecule has 0 amide bonds. The van der Waals surface area contributed by atoms with E-state index in [2.05, 4.69) is 5.10 Å². The lowest BCUT2D eigenvalue weighted by Gasteiger charge is -2.16. The predicted octanol–water partition coefficient (Wildman–Crippen LogP) is 2.11. The second-order valence-corrected chi connectivity index (χ2v) is 3.82. The van der Waals surface area contributed by atoms with E-state index >= 15 is 0 Å². The van der Waals surface area contributed by atoms with Crippen molar-refractivity contribution in [3.63, 3.8) is 0 Å². The van der Waals surface area contributed by atoms with Crippen molar-refractivity contribution in [3.8, 4) is 0 Å². The van der Waals surface area contributed by atoms with Crippen molar-refractivity contribution in [2.45, 2.75) is 32.0 Å². The van der Waals surface area contributed by atoms with Gasteiger partial charge in [-0.15, -0.1) is 0 Å². The Morgan fingerprint density at radius 1 is 1.40 bits per heavy atom. The van der Waals surface area contributed by atoms with Crippen molar-refractivity contribution >= 4 is 0 Å². The lowest BCUT2D eigenvalue weighted by atomic mass is 10.0. The van der Waals surface area contributed by atoms with Crippen molar-refractivity contribution in [1.29, 1.82) is 0 Å². The minimum absolute atomic E-state index is 0.0556. The van der Waals surface area contributed by atoms with E-state index in [1.807, 2.05) is 0 Å². The van der Waals surface area contributed by atoms with Gasteiger partial charge in [0.15, 0.2) is 0 Å². The maximum atomic E-state index is 12.4. The molecule has 1 heterocycles. The third-order valence-corrected chi connectivity index (χ3v) is 2.12. The number of nitrogens with zero attached hydrogens (tertiary/aromatic N) is 2. The van der Waals surface area contributed by atoms with Gasteiger partial charge in [0, 0.05) is 18.8 Å². The van der Waals surface area contributed by atoms with Crippen LogP contribution in [0.25, 0.3) is 0 Å². The van der Waals surface area contributed by atoms with Crippen LogP contribution in [0, 0.1) is 0 Å². The molecule has 0 fully saturated rings. The van der Waals surface area contributed by atoms with Gasteiger partial charge in [0.25, 0.3) is 0 Å². The van der Waals surface area contributed by atoms with Crippen LogP contribution < -0.4 is 5.73 Å². The summed E-state index contributed by atoms with van der Waals surface area (Å²) in [6, 6.07) is -1.96. The molecule has 0 aliphatic carbocycles. The molecule has 1 aromatic heterocycles. The maximum Gasteiger partial charge on any atom is 0.407 e. The SMILES string of the molecule is CC(C)c1nn(C)cc1C(N)C(F)(F)F. The van der Waals surface area contributed by atoms with Crippen LogP contribution in [0.1, 0.15) is 37.1 Å². The summed E-state index contributed by atoms with van der Waals surface area (Å²) in [5, 5.41) is 3.98. The number of aromatic nitrogens is 2. The zero-order valence-corrected chi connectivity index (χ0v) is 8.84. The summed E-state index contributed by atoms with van der Waals surface area (Å²) in [4.78, 5) is 0. The molecular formula is C9H14F3N3. The lowest BCUT2D eigenvalue weighted by Crippen LogP contribution is -2.29. The summed E-state index contributed by atoms with van der Waals surface area (Å²) in [6.07, 6.45) is -3.10. The molecule has 2 N–H and O–H groups in total. The standard InChI is InChI=1S/C9H14F3N3/c1-5(2)7-6(4-15(3)14-7)8(13)9(10,11)12/h4-5,8H,13H2,1-3H3. The fourth-order valence-corrected chi connectivity index (χ4v) is 1.39. The Hall–Kier alpha value is -1.04. The van der Waals surface area contributed by atoms with Crippen molar-refractivity contribution in [2.75, 3.05) is 0 Å². The molecule has 3 nitrogen and oxygen atoms in total. The normalized spacial score (nSPS) is 14.7. The zero-order chi connectivity index (χ0) is 11.8. The van der Waals surface area contributed by atoms with E-state index in [0.717, 1.165) is 0 Å². The van der Waals surface area contributed by atoms with Gasteiger partial charge < -0.3 is 5.73 Å². The van der Waals surface area contributed by atoms with Crippen molar-refractivity contribution in [1.82, 2.24) is 9.78 Å². The van der Waals surface area contributed by atoms with Crippen LogP contribution in [0.15, 0.2) is 6.20 Å². The van der Waals surface area contributed by atoms with Crippen LogP contribution in [0.2, 0.25) is 0 Å². The molecule has 0 radical (unpaired) electrons. The highest BCUT2D eigenvalue weighted by Crippen LogP contribution is 2.33. The fraction of sp³-hybridized carbons (Fsp3) is 0.667. The minimum atomic E-state index is -4.42. The first-order valence-corrected chi connectivity index (χ1v) is 4.59. The van der Waals surface area contributed by atoms with Gasteiger partial charge in [0.1, 0.15) is 6.04 Å². The Morgan fingerprint density at radius 3 is 2.33 bits per heavy atom. The second kappa shape index (κ2) is 3.84. The Labute approximate surface area is 86.1 Å². The molecule has 1 unspecified atom stereocenters. The Morgan fingerprint density at radius 2 is 1.93 bits per heavy atom. The first-order valence-electron chi connectivity index (χ1n) is 4.59. The van der Waals surface area contributed by atoms with Crippen molar-refractivity contribution < 1.29 is 13.2 Å². The molecule has 1 aromatic rings. The molecule has 6 heteroatoms. The maximum absolute atomic E-state index is 12.4. The average Bonchev–Trinajstić information content (AvgIpc) is 2.44. The lowest BCUT2D eigenvalue weighted by molar-refractivity contribution is -0.149. The molecule has 86 valence electrons. The molecule has 1 rings (SSSR count). The molecule has 0 aliphatic heterocycles. The number of hydrogen-bond donors (Lipinski definition) is 1. The highest BCUT2D eigenvalue weighted by Gasteiger charge is 2.40. The molecule has 0 spiro atoms. The molecule has 0 saturated carbocycles. The van der Waals surface area contributed by atoms with Gasteiger partial charge in [-0.3, -0.25) is 4.68 Å². The van der Waals surface area contributed by atoms with Gasteiger partial charge in [-0.2, -0.15) is 18.3 Å². The quantitative estimate of drug-likeness (QED) is 0.831. The number of hydrogen-bond acceptors (Lipinski definition) is 2. The van der Waals surface area contributed by atoms with E-state index in [0.29, 0.717) is 5.69 Å². The zero-order valence-electron chi connectivity index (χ0n) is 8.84. The van der Waals surface area contributed by atoms with Gasteiger partial charge >= 0.3 is 6.18 Å². The molecule has 15 heavy (non-hydrogen) atoms. The summed E-state index contributed by atoms with van der Waals surface area (Å²) >= 11 is 0. The number of nitrogens with two attached hydrogens (primary N) is 1. The summed E-state index contributed by atoms with van der Waals surface area (Å²) in [5.74, 6) is -0.0744. The number of halogens is 3. The first-order chi connectivity index (χ1) is 6.73. The minimum Gasteiger partial charge on any atom is -0.316 e. The van der Waals surface area contributed by atoms with E-state index in [4.69, 9.17) is 5.73 Å². The molecule has 1 atom stereocenters. The highest BCUT2D eigenvalue weighted by molar-refractivity contribution is 5.25. The smallest absolute Gasteiger partial charge is 0.316 e. The Bertz CT molecular complexity index is 341. The molecule has 0 bridgehead atoms. The van der Waals surface area contributed by atoms with Crippen LogP contribution >= 0.6 is 0 Å². The number of aryl methyl sites for hydroxylation is 1. The monoisotopic (exact) mass is 221 g/mol. The van der Waals surface area contributed by atoms with Gasteiger partial charge in [0.2, 0.25) is 0 Å². The van der Waals surface area contributed by atoms with E-state index in [1.54, 1.807) is 20.9 Å². The molecule has 0 aliphatic rings. The average molecular weight is 221 g/mol. The summed E-state index contributed by atoms with van der Waals surface area (Å²) in [5.41, 5.74) is 5.61. The second-order valence-electron chi connectivity index (χ2n) is 3.82. The third-order valence-electron chi connectivity index (χ3n) is 2.12. The van der Waals surface area contributed by atoms with Crippen molar-refractivity contribution in [3.05, 3.63) is 17.5 Å². The predicted molar refractivity (Wildman–Crippen MR) is 50.3 cm³/mol. The molecular weight excluding hydrogens is 207 g/mol. The Balaban J connectivity index is 3.13. The Kier molecular flexibility index (Phi) is 3.08. The summed E-state index contributed by atoms with van der Waals surface area (Å²) in [6.45, 7) is 3.57. The van der Waals surface area contributed by atoms with Crippen LogP contribution in [-0.4, -0.2) is 16.0 Å². The van der Waals surface area contributed by atoms with E-state index in [1.165, 1.54) is 10.9 Å². The van der Waals surface area contributed by atoms with Crippen LogP contribution in [0.3, 0.4) is 0 Å². The van der Waals surface area contributed by atoms with E-state index < -0.39 is 12.2 Å². The third kappa shape index (κ3) is 2.50. The fourth-order valence-electron chi connectivity index (χ4n) is 1.39. The summed E-state index contributed by atoms with van der Waals surface area (Å²) in [7, 11) is 1.58. The van der Waals surface area contributed by atoms with Crippen LogP contribution in [-0.2, 0) is 7.05 Å². The molecule has 0 saturated heterocycles.